The van der Waals surface area contributed by atoms with E-state index in [4.69, 9.17) is 6.42 Å². The molecule has 0 spiro atoms. The highest BCUT2D eigenvalue weighted by Crippen LogP contribution is 2.48. The zero-order valence-electron chi connectivity index (χ0n) is 13.1. The van der Waals surface area contributed by atoms with E-state index in [1.54, 1.807) is 12.1 Å². The summed E-state index contributed by atoms with van der Waals surface area (Å²) in [6, 6.07) is 7.07. The summed E-state index contributed by atoms with van der Waals surface area (Å²) in [5.41, 5.74) is 0.460. The number of nitrogens with one attached hydrogen (secondary N) is 1. The molecule has 1 aliphatic heterocycles. The number of hydrogen-bond donors (Lipinski definition) is 2. The van der Waals surface area contributed by atoms with Crippen LogP contribution in [0.5, 0.6) is 5.75 Å². The van der Waals surface area contributed by atoms with Gasteiger partial charge >= 0.3 is 0 Å². The van der Waals surface area contributed by atoms with Gasteiger partial charge in [-0.3, -0.25) is 4.79 Å². The quantitative estimate of drug-likeness (QED) is 0.724. The van der Waals surface area contributed by atoms with Crippen LogP contribution in [0.3, 0.4) is 0 Å². The first-order chi connectivity index (χ1) is 11.1. The van der Waals surface area contributed by atoms with E-state index < -0.39 is 0 Å². The molecule has 0 bridgehead atoms. The highest BCUT2D eigenvalue weighted by molar-refractivity contribution is 5.85. The normalized spacial score (nSPS) is 18.9. The minimum atomic E-state index is -0.340. The molecule has 0 aromatic heterocycles. The van der Waals surface area contributed by atoms with Crippen LogP contribution in [0.15, 0.2) is 34.5 Å². The lowest BCUT2D eigenvalue weighted by molar-refractivity contribution is -0.126. The number of terminal acetylenes is 1. The standard InChI is InChI=1S/C18H21N3O2/c1-2-3-8-18(20-21-18)11-12-19-16(23)17(9-10-17)13-14-4-6-15(22)7-5-14/h1,4-7,22H,3,8-13H2,(H,19,23). The first-order valence-corrected chi connectivity index (χ1v) is 8.01. The van der Waals surface area contributed by atoms with Gasteiger partial charge < -0.3 is 10.4 Å². The van der Waals surface area contributed by atoms with Gasteiger partial charge in [-0.25, -0.2) is 0 Å². The Morgan fingerprint density at radius 3 is 2.52 bits per heavy atom. The Kier molecular flexibility index (Phi) is 4.08. The molecule has 2 aliphatic rings. The molecular formula is C18H21N3O2. The summed E-state index contributed by atoms with van der Waals surface area (Å²) in [6.07, 6.45) is 9.95. The minimum absolute atomic E-state index is 0.110. The van der Waals surface area contributed by atoms with Gasteiger partial charge in [0.1, 0.15) is 5.75 Å². The molecule has 2 N–H and O–H groups in total. The molecule has 0 atom stereocenters. The number of aromatic hydroxyl groups is 1. The molecule has 23 heavy (non-hydrogen) atoms. The van der Waals surface area contributed by atoms with Gasteiger partial charge in [0.15, 0.2) is 5.66 Å². The summed E-state index contributed by atoms with van der Waals surface area (Å²) >= 11 is 0. The predicted octanol–water partition coefficient (Wildman–Crippen LogP) is 2.80. The van der Waals surface area contributed by atoms with E-state index in [1.165, 1.54) is 0 Å². The van der Waals surface area contributed by atoms with Crippen molar-refractivity contribution in [2.75, 3.05) is 6.54 Å². The predicted molar refractivity (Wildman–Crippen MR) is 86.8 cm³/mol. The summed E-state index contributed by atoms with van der Waals surface area (Å²) < 4.78 is 0. The third kappa shape index (κ3) is 3.70. The lowest BCUT2D eigenvalue weighted by atomic mass is 9.95. The molecule has 1 saturated carbocycles. The summed E-state index contributed by atoms with van der Waals surface area (Å²) in [5, 5.41) is 20.5. The maximum absolute atomic E-state index is 12.5. The Hall–Kier alpha value is -2.35. The van der Waals surface area contributed by atoms with Crippen molar-refractivity contribution in [2.45, 2.75) is 44.2 Å². The van der Waals surface area contributed by atoms with Crippen molar-refractivity contribution in [1.82, 2.24) is 5.32 Å². The molecule has 1 heterocycles. The highest BCUT2D eigenvalue weighted by Gasteiger charge is 2.49. The number of amides is 1. The first-order valence-electron chi connectivity index (χ1n) is 8.01. The van der Waals surface area contributed by atoms with E-state index in [1.807, 2.05) is 12.1 Å². The van der Waals surface area contributed by atoms with E-state index in [0.717, 1.165) is 37.7 Å². The van der Waals surface area contributed by atoms with E-state index >= 15 is 0 Å². The van der Waals surface area contributed by atoms with Crippen molar-refractivity contribution in [2.24, 2.45) is 15.6 Å². The number of phenols is 1. The van der Waals surface area contributed by atoms with E-state index in [2.05, 4.69) is 21.5 Å². The third-order valence-electron chi connectivity index (χ3n) is 4.68. The molecule has 0 saturated heterocycles. The minimum Gasteiger partial charge on any atom is -0.508 e. The zero-order chi connectivity index (χ0) is 16.3. The third-order valence-corrected chi connectivity index (χ3v) is 4.68. The molecule has 5 heteroatoms. The van der Waals surface area contributed by atoms with Crippen LogP contribution in [-0.2, 0) is 11.2 Å². The largest absolute Gasteiger partial charge is 0.508 e. The average molecular weight is 311 g/mol. The number of nitrogens with zero attached hydrogens (tertiary/aromatic N) is 2. The van der Waals surface area contributed by atoms with E-state index in [-0.39, 0.29) is 22.7 Å². The topological polar surface area (TPSA) is 74.0 Å². The second-order valence-corrected chi connectivity index (χ2v) is 6.52. The fourth-order valence-electron chi connectivity index (χ4n) is 2.87. The Morgan fingerprint density at radius 2 is 1.96 bits per heavy atom. The lowest BCUT2D eigenvalue weighted by Gasteiger charge is -2.16. The van der Waals surface area contributed by atoms with Crippen molar-refractivity contribution in [1.29, 1.82) is 0 Å². The van der Waals surface area contributed by atoms with Crippen LogP contribution >= 0.6 is 0 Å². The van der Waals surface area contributed by atoms with Crippen molar-refractivity contribution < 1.29 is 9.90 Å². The Labute approximate surface area is 136 Å². The summed E-state index contributed by atoms with van der Waals surface area (Å²) in [5.74, 6) is 2.96. The molecular weight excluding hydrogens is 290 g/mol. The summed E-state index contributed by atoms with van der Waals surface area (Å²) in [7, 11) is 0. The van der Waals surface area contributed by atoms with Gasteiger partial charge in [-0.1, -0.05) is 12.1 Å². The molecule has 0 radical (unpaired) electrons. The molecule has 1 aromatic carbocycles. The van der Waals surface area contributed by atoms with Crippen LogP contribution in [0.1, 0.15) is 37.7 Å². The number of phenolic OH excluding ortho intramolecular Hbond substituents is 1. The van der Waals surface area contributed by atoms with Gasteiger partial charge in [0, 0.05) is 25.8 Å². The molecule has 1 amide bonds. The maximum Gasteiger partial charge on any atom is 0.226 e. The summed E-state index contributed by atoms with van der Waals surface area (Å²) in [4.78, 5) is 12.5. The number of carbonyl (C=O) groups is 1. The van der Waals surface area contributed by atoms with Crippen LogP contribution in [0.25, 0.3) is 0 Å². The summed E-state index contributed by atoms with van der Waals surface area (Å²) in [6.45, 7) is 0.577. The fraction of sp³-hybridized carbons (Fsp3) is 0.500. The SMILES string of the molecule is C#CCCC1(CCNC(=O)C2(Cc3ccc(O)cc3)CC2)N=N1. The number of carbonyl (C=O) groups excluding carboxylic acids is 1. The van der Waals surface area contributed by atoms with Gasteiger partial charge in [-0.15, -0.1) is 12.3 Å². The Bertz CT molecular complexity index is 648. The average Bonchev–Trinajstić information content (AvgIpc) is 3.45. The van der Waals surface area contributed by atoms with Gasteiger partial charge in [0.2, 0.25) is 5.91 Å². The van der Waals surface area contributed by atoms with Crippen LogP contribution in [-0.4, -0.2) is 23.2 Å². The highest BCUT2D eigenvalue weighted by atomic mass is 16.3. The van der Waals surface area contributed by atoms with Crippen LogP contribution < -0.4 is 5.32 Å². The van der Waals surface area contributed by atoms with Crippen molar-refractivity contribution in [3.63, 3.8) is 0 Å². The molecule has 1 aliphatic carbocycles. The maximum atomic E-state index is 12.5. The number of rotatable bonds is 8. The monoisotopic (exact) mass is 311 g/mol. The van der Waals surface area contributed by atoms with Crippen LogP contribution in [0.2, 0.25) is 0 Å². The molecule has 5 nitrogen and oxygen atoms in total. The van der Waals surface area contributed by atoms with E-state index in [9.17, 15) is 9.90 Å². The van der Waals surface area contributed by atoms with Gasteiger partial charge in [-0.05, 0) is 37.0 Å². The molecule has 1 fully saturated rings. The molecule has 0 unspecified atom stereocenters. The number of hydrogen-bond acceptors (Lipinski definition) is 4. The Balaban J connectivity index is 1.46. The van der Waals surface area contributed by atoms with Gasteiger partial charge in [0.05, 0.1) is 5.41 Å². The fourth-order valence-corrected chi connectivity index (χ4v) is 2.87. The van der Waals surface area contributed by atoms with E-state index in [0.29, 0.717) is 13.0 Å². The second kappa shape index (κ2) is 6.04. The van der Waals surface area contributed by atoms with Gasteiger partial charge in [0.25, 0.3) is 0 Å². The molecule has 120 valence electrons. The zero-order valence-corrected chi connectivity index (χ0v) is 13.1. The van der Waals surface area contributed by atoms with Crippen LogP contribution in [0.4, 0.5) is 0 Å². The van der Waals surface area contributed by atoms with Crippen LogP contribution in [0, 0.1) is 17.8 Å². The van der Waals surface area contributed by atoms with Crippen molar-refractivity contribution in [3.8, 4) is 18.1 Å². The molecule has 3 rings (SSSR count). The van der Waals surface area contributed by atoms with Gasteiger partial charge in [-0.2, -0.15) is 10.2 Å². The number of benzene rings is 1. The molecule has 1 aromatic rings. The van der Waals surface area contributed by atoms with Crippen molar-refractivity contribution >= 4 is 5.91 Å². The first kappa shape index (κ1) is 15.5. The second-order valence-electron chi connectivity index (χ2n) is 6.52. The smallest absolute Gasteiger partial charge is 0.226 e. The van der Waals surface area contributed by atoms with Crippen molar-refractivity contribution in [3.05, 3.63) is 29.8 Å². The Morgan fingerprint density at radius 1 is 1.26 bits per heavy atom. The lowest BCUT2D eigenvalue weighted by Crippen LogP contribution is -2.35.